The first kappa shape index (κ1) is 21.4. The summed E-state index contributed by atoms with van der Waals surface area (Å²) in [5.41, 5.74) is 4.06. The van der Waals surface area contributed by atoms with Crippen LogP contribution < -0.4 is 0 Å². The van der Waals surface area contributed by atoms with E-state index in [4.69, 9.17) is 14.4 Å². The molecule has 0 radical (unpaired) electrons. The van der Waals surface area contributed by atoms with Crippen LogP contribution in [0, 0.1) is 6.92 Å². The highest BCUT2D eigenvalue weighted by Crippen LogP contribution is 2.32. The maximum Gasteiger partial charge on any atom is 0.360 e. The molecule has 8 heteroatoms. The number of carbonyl (C=O) groups excluding carboxylic acids is 1. The van der Waals surface area contributed by atoms with Crippen molar-refractivity contribution in [3.8, 4) is 0 Å². The van der Waals surface area contributed by atoms with E-state index in [0.29, 0.717) is 40.8 Å². The quantitative estimate of drug-likeness (QED) is 0.383. The molecule has 0 N–H and O–H groups in total. The van der Waals surface area contributed by atoms with Crippen molar-refractivity contribution in [3.63, 3.8) is 0 Å². The van der Waals surface area contributed by atoms with Crippen LogP contribution >= 0.6 is 0 Å². The number of rotatable bonds is 7. The Bertz CT molecular complexity index is 1000. The van der Waals surface area contributed by atoms with Gasteiger partial charge in [0.1, 0.15) is 13.7 Å². The number of aryl methyl sites for hydroxylation is 1. The van der Waals surface area contributed by atoms with Gasteiger partial charge in [0.15, 0.2) is 5.71 Å². The van der Waals surface area contributed by atoms with Gasteiger partial charge in [-0.1, -0.05) is 46.7 Å². The molecule has 1 aliphatic carbocycles. The molecule has 0 unspecified atom stereocenters. The van der Waals surface area contributed by atoms with Crippen molar-refractivity contribution in [1.29, 1.82) is 0 Å². The van der Waals surface area contributed by atoms with Crippen molar-refractivity contribution in [1.82, 2.24) is 0 Å². The largest absolute Gasteiger partial charge is 0.464 e. The fourth-order valence-electron chi connectivity index (χ4n) is 3.51. The Morgan fingerprint density at radius 3 is 2.60 bits per heavy atom. The van der Waals surface area contributed by atoms with Crippen LogP contribution in [0.1, 0.15) is 46.2 Å². The highest BCUT2D eigenvalue weighted by Gasteiger charge is 2.25. The molecule has 0 spiro atoms. The lowest BCUT2D eigenvalue weighted by Gasteiger charge is -2.12. The van der Waals surface area contributed by atoms with E-state index >= 15 is 0 Å². The summed E-state index contributed by atoms with van der Waals surface area (Å²) in [5.74, 6) is -0.640. The van der Waals surface area contributed by atoms with E-state index in [-0.39, 0.29) is 17.9 Å². The number of alkyl halides is 2. The Morgan fingerprint density at radius 1 is 1.13 bits per heavy atom. The van der Waals surface area contributed by atoms with Gasteiger partial charge in [-0.05, 0) is 30.9 Å². The Morgan fingerprint density at radius 2 is 1.90 bits per heavy atom. The molecular formula is C22H22F2N2O4. The summed E-state index contributed by atoms with van der Waals surface area (Å²) < 4.78 is 31.2. The number of benzene rings is 2. The Hall–Kier alpha value is -3.29. The fourth-order valence-corrected chi connectivity index (χ4v) is 3.51. The number of methoxy groups -OCH3 is 1. The second-order valence-corrected chi connectivity index (χ2v) is 6.70. The van der Waals surface area contributed by atoms with Crippen LogP contribution in [-0.4, -0.2) is 31.6 Å². The Balaban J connectivity index is 1.86. The molecule has 30 heavy (non-hydrogen) atoms. The molecule has 0 saturated heterocycles. The van der Waals surface area contributed by atoms with E-state index in [1.54, 1.807) is 24.3 Å². The predicted octanol–water partition coefficient (Wildman–Crippen LogP) is 4.32. The molecule has 0 atom stereocenters. The van der Waals surface area contributed by atoms with Crippen molar-refractivity contribution >= 4 is 17.4 Å². The Labute approximate surface area is 173 Å². The minimum atomic E-state index is -2.52. The molecular weight excluding hydrogens is 394 g/mol. The predicted molar refractivity (Wildman–Crippen MR) is 108 cm³/mol. The van der Waals surface area contributed by atoms with Crippen molar-refractivity contribution in [2.45, 2.75) is 32.8 Å². The SMILES string of the molecule is CO/N=C(/C(=O)OC)c1cccc(C)c1CO/N=C1\CCc2c1cccc2C(F)F. The van der Waals surface area contributed by atoms with Crippen molar-refractivity contribution in [2.24, 2.45) is 10.3 Å². The summed E-state index contributed by atoms with van der Waals surface area (Å²) in [6.07, 6.45) is -1.50. The number of ether oxygens (including phenoxy) is 1. The second kappa shape index (κ2) is 9.47. The van der Waals surface area contributed by atoms with Crippen LogP contribution in [0.15, 0.2) is 46.7 Å². The van der Waals surface area contributed by atoms with Crippen molar-refractivity contribution in [2.75, 3.05) is 14.2 Å². The standard InChI is InChI=1S/C22H22F2N2O4/c1-13-6-4-8-16(20(26-29-3)22(27)28-2)18(13)12-30-25-19-11-10-14-15(19)7-5-9-17(14)21(23)24/h4-9,21H,10-12H2,1-3H3/b25-19+,26-20+. The molecule has 0 aliphatic heterocycles. The van der Waals surface area contributed by atoms with Gasteiger partial charge in [-0.15, -0.1) is 0 Å². The number of esters is 1. The highest BCUT2D eigenvalue weighted by atomic mass is 19.3. The number of fused-ring (bicyclic) bond motifs is 1. The van der Waals surface area contributed by atoms with E-state index in [9.17, 15) is 13.6 Å². The number of carbonyl (C=O) groups is 1. The van der Waals surface area contributed by atoms with E-state index in [1.165, 1.54) is 20.3 Å². The van der Waals surface area contributed by atoms with Crippen LogP contribution in [0.3, 0.4) is 0 Å². The summed E-state index contributed by atoms with van der Waals surface area (Å²) in [7, 11) is 2.60. The summed E-state index contributed by atoms with van der Waals surface area (Å²) >= 11 is 0. The van der Waals surface area contributed by atoms with Gasteiger partial charge in [-0.2, -0.15) is 0 Å². The smallest absolute Gasteiger partial charge is 0.360 e. The topological polar surface area (TPSA) is 69.5 Å². The lowest BCUT2D eigenvalue weighted by atomic mass is 9.99. The van der Waals surface area contributed by atoms with Gasteiger partial charge in [0.25, 0.3) is 6.43 Å². The first-order valence-electron chi connectivity index (χ1n) is 9.35. The molecule has 0 saturated carbocycles. The summed E-state index contributed by atoms with van der Waals surface area (Å²) in [6.45, 7) is 1.94. The molecule has 0 aromatic heterocycles. The molecule has 2 aromatic rings. The number of halogens is 2. The van der Waals surface area contributed by atoms with Crippen LogP contribution in [0.2, 0.25) is 0 Å². The molecule has 6 nitrogen and oxygen atoms in total. The molecule has 0 fully saturated rings. The van der Waals surface area contributed by atoms with Crippen LogP contribution in [0.5, 0.6) is 0 Å². The minimum absolute atomic E-state index is 0.0164. The summed E-state index contributed by atoms with van der Waals surface area (Å²) in [5, 5.41) is 7.99. The maximum absolute atomic E-state index is 13.2. The molecule has 0 heterocycles. The van der Waals surface area contributed by atoms with Crippen LogP contribution in [-0.2, 0) is 32.2 Å². The maximum atomic E-state index is 13.2. The van der Waals surface area contributed by atoms with E-state index < -0.39 is 12.4 Å². The van der Waals surface area contributed by atoms with Gasteiger partial charge in [-0.25, -0.2) is 13.6 Å². The van der Waals surface area contributed by atoms with Crippen LogP contribution in [0.25, 0.3) is 0 Å². The Kier molecular flexibility index (Phi) is 6.76. The fraction of sp³-hybridized carbons (Fsp3) is 0.318. The molecule has 0 amide bonds. The average molecular weight is 416 g/mol. The zero-order valence-electron chi connectivity index (χ0n) is 16.9. The first-order chi connectivity index (χ1) is 14.5. The molecule has 3 rings (SSSR count). The van der Waals surface area contributed by atoms with Gasteiger partial charge in [0, 0.05) is 22.3 Å². The zero-order chi connectivity index (χ0) is 21.7. The third-order valence-corrected chi connectivity index (χ3v) is 4.98. The number of oxime groups is 2. The monoisotopic (exact) mass is 416 g/mol. The van der Waals surface area contributed by atoms with Gasteiger partial charge in [0.2, 0.25) is 0 Å². The summed E-state index contributed by atoms with van der Waals surface area (Å²) in [4.78, 5) is 22.5. The normalized spacial score (nSPS) is 14.7. The third kappa shape index (κ3) is 4.32. The van der Waals surface area contributed by atoms with Crippen molar-refractivity contribution in [3.05, 3.63) is 69.8 Å². The molecule has 158 valence electrons. The highest BCUT2D eigenvalue weighted by molar-refractivity contribution is 6.43. The van der Waals surface area contributed by atoms with E-state index in [2.05, 4.69) is 10.3 Å². The van der Waals surface area contributed by atoms with Crippen LogP contribution in [0.4, 0.5) is 8.78 Å². The average Bonchev–Trinajstić information content (AvgIpc) is 3.15. The van der Waals surface area contributed by atoms with Gasteiger partial charge in [0.05, 0.1) is 12.8 Å². The number of nitrogens with zero attached hydrogens (tertiary/aromatic N) is 2. The lowest BCUT2D eigenvalue weighted by Crippen LogP contribution is -2.20. The van der Waals surface area contributed by atoms with Gasteiger partial charge < -0.3 is 14.4 Å². The zero-order valence-corrected chi connectivity index (χ0v) is 16.9. The van der Waals surface area contributed by atoms with Gasteiger partial charge >= 0.3 is 5.97 Å². The molecule has 1 aliphatic rings. The van der Waals surface area contributed by atoms with Crippen molar-refractivity contribution < 1.29 is 28.0 Å². The first-order valence-corrected chi connectivity index (χ1v) is 9.35. The second-order valence-electron chi connectivity index (χ2n) is 6.70. The summed E-state index contributed by atoms with van der Waals surface area (Å²) in [6, 6.07) is 10.2. The minimum Gasteiger partial charge on any atom is -0.464 e. The lowest BCUT2D eigenvalue weighted by molar-refractivity contribution is -0.132. The molecule has 2 aromatic carbocycles. The third-order valence-electron chi connectivity index (χ3n) is 4.98. The van der Waals surface area contributed by atoms with Gasteiger partial charge in [-0.3, -0.25) is 0 Å². The number of hydrogen-bond acceptors (Lipinski definition) is 6. The number of hydrogen-bond donors (Lipinski definition) is 0. The van der Waals surface area contributed by atoms with E-state index in [0.717, 1.165) is 5.56 Å². The van der Waals surface area contributed by atoms with E-state index in [1.807, 2.05) is 13.0 Å². The molecule has 0 bridgehead atoms.